The Morgan fingerprint density at radius 3 is 2.67 bits per heavy atom. The number of amides is 2. The highest BCUT2D eigenvalue weighted by Gasteiger charge is 2.35. The van der Waals surface area contributed by atoms with Crippen molar-refractivity contribution in [3.05, 3.63) is 0 Å². The molecule has 1 saturated heterocycles. The van der Waals surface area contributed by atoms with Crippen molar-refractivity contribution in [3.63, 3.8) is 0 Å². The van der Waals surface area contributed by atoms with Gasteiger partial charge in [0.1, 0.15) is 6.04 Å². The van der Waals surface area contributed by atoms with Crippen LogP contribution in [0.4, 0.5) is 0 Å². The Kier molecular flexibility index (Phi) is 4.12. The molecule has 0 aromatic heterocycles. The molecule has 2 unspecified atom stereocenters. The van der Waals surface area contributed by atoms with Crippen LogP contribution in [-0.2, 0) is 9.59 Å². The molecule has 1 N–H and O–H groups in total. The first-order chi connectivity index (χ1) is 7.11. The van der Waals surface area contributed by atoms with E-state index in [9.17, 15) is 9.59 Å². The van der Waals surface area contributed by atoms with E-state index in [1.165, 1.54) is 0 Å². The minimum absolute atomic E-state index is 0.0138. The molecule has 2 atom stereocenters. The topological polar surface area (TPSA) is 49.4 Å². The lowest BCUT2D eigenvalue weighted by Crippen LogP contribution is -2.60. The van der Waals surface area contributed by atoms with Gasteiger partial charge in [-0.2, -0.15) is 0 Å². The Morgan fingerprint density at radius 2 is 2.13 bits per heavy atom. The van der Waals surface area contributed by atoms with E-state index in [2.05, 4.69) is 12.2 Å². The Balaban J connectivity index is 2.78. The number of hydrogen-bond donors (Lipinski definition) is 1. The van der Waals surface area contributed by atoms with Crippen LogP contribution in [0.25, 0.3) is 0 Å². The van der Waals surface area contributed by atoms with Crippen molar-refractivity contribution in [3.8, 4) is 0 Å². The molecule has 1 rings (SSSR count). The zero-order chi connectivity index (χ0) is 11.4. The zero-order valence-electron chi connectivity index (χ0n) is 9.75. The van der Waals surface area contributed by atoms with Gasteiger partial charge in [-0.25, -0.2) is 0 Å². The molecule has 0 aromatic carbocycles. The standard InChI is InChI=1S/C11H20N2O2/c1-4-6-8(3)13-9(5-2)11(15)12-7-10(13)14/h8-9H,4-7H2,1-3H3,(H,12,15). The first-order valence-electron chi connectivity index (χ1n) is 5.70. The average molecular weight is 212 g/mol. The van der Waals surface area contributed by atoms with E-state index >= 15 is 0 Å². The van der Waals surface area contributed by atoms with Crippen molar-refractivity contribution in [2.45, 2.75) is 52.1 Å². The molecule has 1 aliphatic rings. The van der Waals surface area contributed by atoms with E-state index in [0.29, 0.717) is 6.42 Å². The highest BCUT2D eigenvalue weighted by atomic mass is 16.2. The van der Waals surface area contributed by atoms with Crippen LogP contribution in [-0.4, -0.2) is 35.3 Å². The molecular formula is C11H20N2O2. The van der Waals surface area contributed by atoms with Gasteiger partial charge in [0.15, 0.2) is 0 Å². The molecule has 0 bridgehead atoms. The number of piperazine rings is 1. The summed E-state index contributed by atoms with van der Waals surface area (Å²) in [6, 6.07) is -0.105. The van der Waals surface area contributed by atoms with Crippen LogP contribution in [0.3, 0.4) is 0 Å². The lowest BCUT2D eigenvalue weighted by Gasteiger charge is -2.38. The lowest BCUT2D eigenvalue weighted by molar-refractivity contribution is -0.148. The molecule has 0 aromatic rings. The smallest absolute Gasteiger partial charge is 0.243 e. The van der Waals surface area contributed by atoms with Gasteiger partial charge in [-0.05, 0) is 19.8 Å². The Morgan fingerprint density at radius 1 is 1.47 bits per heavy atom. The zero-order valence-corrected chi connectivity index (χ0v) is 9.75. The van der Waals surface area contributed by atoms with E-state index < -0.39 is 0 Å². The molecule has 1 fully saturated rings. The van der Waals surface area contributed by atoms with Gasteiger partial charge in [0.05, 0.1) is 6.54 Å². The average Bonchev–Trinajstić information content (AvgIpc) is 2.21. The van der Waals surface area contributed by atoms with Gasteiger partial charge < -0.3 is 10.2 Å². The normalized spacial score (nSPS) is 23.9. The monoisotopic (exact) mass is 212 g/mol. The van der Waals surface area contributed by atoms with Gasteiger partial charge in [0.2, 0.25) is 11.8 Å². The predicted molar refractivity (Wildman–Crippen MR) is 58.3 cm³/mol. The molecule has 4 nitrogen and oxygen atoms in total. The van der Waals surface area contributed by atoms with Crippen LogP contribution in [0.5, 0.6) is 0 Å². The highest BCUT2D eigenvalue weighted by molar-refractivity contribution is 5.94. The van der Waals surface area contributed by atoms with Crippen LogP contribution in [0, 0.1) is 0 Å². The Hall–Kier alpha value is -1.06. The highest BCUT2D eigenvalue weighted by Crippen LogP contribution is 2.16. The Bertz CT molecular complexity index is 253. The number of nitrogens with one attached hydrogen (secondary N) is 1. The van der Waals surface area contributed by atoms with E-state index in [4.69, 9.17) is 0 Å². The quantitative estimate of drug-likeness (QED) is 0.753. The van der Waals surface area contributed by atoms with Crippen molar-refractivity contribution >= 4 is 11.8 Å². The third kappa shape index (κ3) is 2.49. The summed E-state index contributed by atoms with van der Waals surface area (Å²) in [6.45, 7) is 6.20. The maximum absolute atomic E-state index is 11.7. The number of hydrogen-bond acceptors (Lipinski definition) is 2. The number of nitrogens with zero attached hydrogens (tertiary/aromatic N) is 1. The third-order valence-corrected chi connectivity index (χ3v) is 2.91. The van der Waals surface area contributed by atoms with Crippen molar-refractivity contribution in [2.75, 3.05) is 6.54 Å². The van der Waals surface area contributed by atoms with E-state index in [0.717, 1.165) is 12.8 Å². The summed E-state index contributed by atoms with van der Waals surface area (Å²) in [6.07, 6.45) is 2.67. The molecule has 15 heavy (non-hydrogen) atoms. The summed E-state index contributed by atoms with van der Waals surface area (Å²) in [5.41, 5.74) is 0. The summed E-state index contributed by atoms with van der Waals surface area (Å²) in [5, 5.41) is 2.63. The van der Waals surface area contributed by atoms with E-state index in [-0.39, 0.29) is 30.4 Å². The Labute approximate surface area is 91.0 Å². The molecule has 0 saturated carbocycles. The second-order valence-electron chi connectivity index (χ2n) is 4.08. The van der Waals surface area contributed by atoms with Gasteiger partial charge in [-0.1, -0.05) is 20.3 Å². The number of rotatable bonds is 4. The molecular weight excluding hydrogens is 192 g/mol. The maximum atomic E-state index is 11.7. The molecule has 2 amide bonds. The predicted octanol–water partition coefficient (Wildman–Crippen LogP) is 0.912. The summed E-state index contributed by atoms with van der Waals surface area (Å²) in [5.74, 6) is 0.0300. The summed E-state index contributed by atoms with van der Waals surface area (Å²) < 4.78 is 0. The summed E-state index contributed by atoms with van der Waals surface area (Å²) in [4.78, 5) is 25.1. The van der Waals surface area contributed by atoms with Gasteiger partial charge >= 0.3 is 0 Å². The summed E-state index contributed by atoms with van der Waals surface area (Å²) in [7, 11) is 0. The van der Waals surface area contributed by atoms with Crippen LogP contribution in [0.1, 0.15) is 40.0 Å². The fraction of sp³-hybridized carbons (Fsp3) is 0.818. The maximum Gasteiger partial charge on any atom is 0.243 e. The third-order valence-electron chi connectivity index (χ3n) is 2.91. The molecule has 0 spiro atoms. The van der Waals surface area contributed by atoms with Crippen LogP contribution in [0.2, 0.25) is 0 Å². The second-order valence-corrected chi connectivity index (χ2v) is 4.08. The molecule has 0 radical (unpaired) electrons. The van der Waals surface area contributed by atoms with Crippen molar-refractivity contribution in [1.82, 2.24) is 10.2 Å². The largest absolute Gasteiger partial charge is 0.345 e. The SMILES string of the molecule is CCCC(C)N1C(=O)CNC(=O)C1CC. The van der Waals surface area contributed by atoms with Crippen molar-refractivity contribution < 1.29 is 9.59 Å². The minimum atomic E-state index is -0.271. The van der Waals surface area contributed by atoms with E-state index in [1.54, 1.807) is 4.90 Å². The number of carbonyl (C=O) groups is 2. The first kappa shape index (κ1) is 12.0. The van der Waals surface area contributed by atoms with Gasteiger partial charge in [0, 0.05) is 6.04 Å². The minimum Gasteiger partial charge on any atom is -0.345 e. The van der Waals surface area contributed by atoms with E-state index in [1.807, 2.05) is 13.8 Å². The fourth-order valence-electron chi connectivity index (χ4n) is 2.16. The second kappa shape index (κ2) is 5.14. The molecule has 86 valence electrons. The first-order valence-corrected chi connectivity index (χ1v) is 5.70. The van der Waals surface area contributed by atoms with Crippen molar-refractivity contribution in [2.24, 2.45) is 0 Å². The van der Waals surface area contributed by atoms with Crippen LogP contribution >= 0.6 is 0 Å². The van der Waals surface area contributed by atoms with Crippen LogP contribution in [0.15, 0.2) is 0 Å². The molecule has 1 heterocycles. The van der Waals surface area contributed by atoms with Crippen molar-refractivity contribution in [1.29, 1.82) is 0 Å². The summed E-state index contributed by atoms with van der Waals surface area (Å²) >= 11 is 0. The van der Waals surface area contributed by atoms with Gasteiger partial charge in [-0.15, -0.1) is 0 Å². The van der Waals surface area contributed by atoms with Gasteiger partial charge in [-0.3, -0.25) is 9.59 Å². The molecule has 1 aliphatic heterocycles. The fourth-order valence-corrected chi connectivity index (χ4v) is 2.16. The van der Waals surface area contributed by atoms with Gasteiger partial charge in [0.25, 0.3) is 0 Å². The lowest BCUT2D eigenvalue weighted by atomic mass is 10.0. The molecule has 0 aliphatic carbocycles. The molecule has 4 heteroatoms. The number of carbonyl (C=O) groups excluding carboxylic acids is 2. The van der Waals surface area contributed by atoms with Crippen LogP contribution < -0.4 is 5.32 Å².